The Labute approximate surface area is 148 Å². The number of anilines is 2. The fraction of sp³-hybridized carbons (Fsp3) is 0.222. The standard InChI is InChI=1S/C18H15FN4O3/c1-10-6-7-11(9-14(10)19)22-17(24)15-16(18(22)25)23(21-20-15)12-4-3-5-13(8-12)26-2/h3-9,15-16H,1-2H3/t15-,16+/m1/s1. The summed E-state index contributed by atoms with van der Waals surface area (Å²) in [5.74, 6) is -0.893. The fourth-order valence-corrected chi connectivity index (χ4v) is 3.10. The number of carbonyl (C=O) groups excluding carboxylic acids is 2. The highest BCUT2D eigenvalue weighted by atomic mass is 19.1. The van der Waals surface area contributed by atoms with E-state index < -0.39 is 29.7 Å². The minimum atomic E-state index is -0.946. The average molecular weight is 354 g/mol. The molecule has 0 aromatic heterocycles. The van der Waals surface area contributed by atoms with Crippen LogP contribution in [-0.2, 0) is 9.59 Å². The zero-order valence-electron chi connectivity index (χ0n) is 14.1. The van der Waals surface area contributed by atoms with Gasteiger partial charge in [-0.2, -0.15) is 5.11 Å². The molecule has 2 aromatic rings. The molecule has 2 amide bonds. The van der Waals surface area contributed by atoms with Crippen molar-refractivity contribution in [3.05, 3.63) is 53.8 Å². The van der Waals surface area contributed by atoms with E-state index in [4.69, 9.17) is 4.74 Å². The molecule has 0 N–H and O–H groups in total. The van der Waals surface area contributed by atoms with Gasteiger partial charge >= 0.3 is 0 Å². The van der Waals surface area contributed by atoms with E-state index in [0.717, 1.165) is 4.90 Å². The number of halogens is 1. The molecule has 2 aromatic carbocycles. The molecule has 2 heterocycles. The number of hydrogen-bond donors (Lipinski definition) is 0. The monoisotopic (exact) mass is 354 g/mol. The topological polar surface area (TPSA) is 74.6 Å². The van der Waals surface area contributed by atoms with E-state index in [1.807, 2.05) is 0 Å². The van der Waals surface area contributed by atoms with E-state index in [1.54, 1.807) is 37.3 Å². The second-order valence-corrected chi connectivity index (χ2v) is 6.09. The summed E-state index contributed by atoms with van der Waals surface area (Å²) in [6, 6.07) is 9.38. The number of fused-ring (bicyclic) bond motifs is 1. The molecule has 2 aliphatic rings. The predicted octanol–water partition coefficient (Wildman–Crippen LogP) is 2.64. The minimum Gasteiger partial charge on any atom is -0.497 e. The van der Waals surface area contributed by atoms with Gasteiger partial charge in [-0.05, 0) is 36.8 Å². The van der Waals surface area contributed by atoms with Crippen molar-refractivity contribution in [2.45, 2.75) is 19.0 Å². The SMILES string of the molecule is COc1cccc(N2N=N[C@H]3C(=O)N(c4ccc(C)c(F)c4)C(=O)[C@H]32)c1. The van der Waals surface area contributed by atoms with Crippen LogP contribution in [0.2, 0.25) is 0 Å². The van der Waals surface area contributed by atoms with Gasteiger partial charge in [0.15, 0.2) is 12.1 Å². The quantitative estimate of drug-likeness (QED) is 0.794. The number of ether oxygens (including phenoxy) is 1. The first-order valence-corrected chi connectivity index (χ1v) is 7.99. The molecule has 1 saturated heterocycles. The number of methoxy groups -OCH3 is 1. The Morgan fingerprint density at radius 1 is 1.08 bits per heavy atom. The van der Waals surface area contributed by atoms with Gasteiger partial charge < -0.3 is 4.74 Å². The normalized spacial score (nSPS) is 21.5. The van der Waals surface area contributed by atoms with Gasteiger partial charge in [-0.25, -0.2) is 14.3 Å². The Kier molecular flexibility index (Phi) is 3.68. The van der Waals surface area contributed by atoms with E-state index in [-0.39, 0.29) is 5.69 Å². The van der Waals surface area contributed by atoms with Gasteiger partial charge in [0.2, 0.25) is 0 Å². The van der Waals surface area contributed by atoms with E-state index in [1.165, 1.54) is 24.3 Å². The molecule has 0 bridgehead atoms. The van der Waals surface area contributed by atoms with Crippen molar-refractivity contribution < 1.29 is 18.7 Å². The molecule has 0 radical (unpaired) electrons. The second-order valence-electron chi connectivity index (χ2n) is 6.09. The number of hydrogen-bond acceptors (Lipinski definition) is 6. The van der Waals surface area contributed by atoms with Crippen LogP contribution in [0.15, 0.2) is 52.8 Å². The molecular weight excluding hydrogens is 339 g/mol. The first kappa shape index (κ1) is 16.2. The highest BCUT2D eigenvalue weighted by Crippen LogP contribution is 2.36. The van der Waals surface area contributed by atoms with Crippen LogP contribution >= 0.6 is 0 Å². The highest BCUT2D eigenvalue weighted by Gasteiger charge is 2.55. The maximum absolute atomic E-state index is 13.9. The number of rotatable bonds is 3. The molecule has 1 fully saturated rings. The van der Waals surface area contributed by atoms with Crippen molar-refractivity contribution in [1.29, 1.82) is 0 Å². The molecular formula is C18H15FN4O3. The molecule has 132 valence electrons. The number of amides is 2. The smallest absolute Gasteiger partial charge is 0.263 e. The van der Waals surface area contributed by atoms with Gasteiger partial charge in [0, 0.05) is 6.07 Å². The van der Waals surface area contributed by atoms with Crippen LogP contribution in [-0.4, -0.2) is 31.0 Å². The molecule has 0 saturated carbocycles. The Hall–Kier alpha value is -3.29. The second kappa shape index (κ2) is 5.91. The van der Waals surface area contributed by atoms with Crippen molar-refractivity contribution in [2.75, 3.05) is 17.0 Å². The van der Waals surface area contributed by atoms with Crippen LogP contribution < -0.4 is 14.6 Å². The zero-order valence-corrected chi connectivity index (χ0v) is 14.1. The molecule has 0 aliphatic carbocycles. The summed E-state index contributed by atoms with van der Waals surface area (Å²) in [7, 11) is 1.53. The summed E-state index contributed by atoms with van der Waals surface area (Å²) < 4.78 is 19.1. The van der Waals surface area contributed by atoms with Crippen LogP contribution in [0.3, 0.4) is 0 Å². The lowest BCUT2D eigenvalue weighted by molar-refractivity contribution is -0.121. The summed E-state index contributed by atoms with van der Waals surface area (Å²) >= 11 is 0. The molecule has 0 unspecified atom stereocenters. The van der Waals surface area contributed by atoms with Crippen LogP contribution in [0.5, 0.6) is 5.75 Å². The lowest BCUT2D eigenvalue weighted by atomic mass is 10.1. The summed E-state index contributed by atoms with van der Waals surface area (Å²) in [5.41, 5.74) is 1.21. The van der Waals surface area contributed by atoms with Crippen LogP contribution in [0, 0.1) is 12.7 Å². The maximum Gasteiger partial charge on any atom is 0.263 e. The van der Waals surface area contributed by atoms with Gasteiger partial charge in [-0.3, -0.25) is 9.59 Å². The van der Waals surface area contributed by atoms with Gasteiger partial charge in [0.05, 0.1) is 18.5 Å². The summed E-state index contributed by atoms with van der Waals surface area (Å²) in [4.78, 5) is 26.6. The Balaban J connectivity index is 1.70. The lowest BCUT2D eigenvalue weighted by Gasteiger charge is -2.21. The molecule has 8 heteroatoms. The van der Waals surface area contributed by atoms with E-state index in [2.05, 4.69) is 10.3 Å². The third-order valence-electron chi connectivity index (χ3n) is 4.51. The zero-order chi connectivity index (χ0) is 18.4. The van der Waals surface area contributed by atoms with Gasteiger partial charge in [0.25, 0.3) is 11.8 Å². The van der Waals surface area contributed by atoms with Crippen molar-refractivity contribution in [3.63, 3.8) is 0 Å². The number of imide groups is 1. The van der Waals surface area contributed by atoms with Crippen molar-refractivity contribution in [1.82, 2.24) is 0 Å². The van der Waals surface area contributed by atoms with Crippen molar-refractivity contribution in [2.24, 2.45) is 10.3 Å². The molecule has 26 heavy (non-hydrogen) atoms. The molecule has 2 atom stereocenters. The third kappa shape index (κ3) is 2.33. The van der Waals surface area contributed by atoms with Crippen molar-refractivity contribution in [3.8, 4) is 5.75 Å². The predicted molar refractivity (Wildman–Crippen MR) is 91.5 cm³/mol. The fourth-order valence-electron chi connectivity index (χ4n) is 3.10. The van der Waals surface area contributed by atoms with E-state index in [0.29, 0.717) is 17.0 Å². The van der Waals surface area contributed by atoms with Gasteiger partial charge in [-0.1, -0.05) is 17.4 Å². The van der Waals surface area contributed by atoms with E-state index in [9.17, 15) is 14.0 Å². The number of benzene rings is 2. The number of carbonyl (C=O) groups is 2. The first-order valence-electron chi connectivity index (χ1n) is 7.99. The number of nitrogens with zero attached hydrogens (tertiary/aromatic N) is 4. The first-order chi connectivity index (χ1) is 12.5. The molecule has 7 nitrogen and oxygen atoms in total. The molecule has 2 aliphatic heterocycles. The Morgan fingerprint density at radius 2 is 1.88 bits per heavy atom. The maximum atomic E-state index is 13.9. The van der Waals surface area contributed by atoms with Crippen LogP contribution in [0.25, 0.3) is 0 Å². The average Bonchev–Trinajstić information content (AvgIpc) is 3.18. The van der Waals surface area contributed by atoms with E-state index >= 15 is 0 Å². The minimum absolute atomic E-state index is 0.193. The molecule has 0 spiro atoms. The highest BCUT2D eigenvalue weighted by molar-refractivity contribution is 6.26. The van der Waals surface area contributed by atoms with Gasteiger partial charge in [-0.15, -0.1) is 0 Å². The van der Waals surface area contributed by atoms with Crippen LogP contribution in [0.1, 0.15) is 5.56 Å². The summed E-state index contributed by atoms with van der Waals surface area (Å²) in [6.07, 6.45) is 0. The third-order valence-corrected chi connectivity index (χ3v) is 4.51. The Morgan fingerprint density at radius 3 is 2.62 bits per heavy atom. The Bertz CT molecular complexity index is 946. The van der Waals surface area contributed by atoms with Gasteiger partial charge in [0.1, 0.15) is 11.6 Å². The number of aryl methyl sites for hydroxylation is 1. The summed E-state index contributed by atoms with van der Waals surface area (Å²) in [5, 5.41) is 9.35. The van der Waals surface area contributed by atoms with Crippen molar-refractivity contribution >= 4 is 23.2 Å². The largest absolute Gasteiger partial charge is 0.497 e. The lowest BCUT2D eigenvalue weighted by Crippen LogP contribution is -2.39. The molecule has 4 rings (SSSR count). The summed E-state index contributed by atoms with van der Waals surface area (Å²) in [6.45, 7) is 1.61. The van der Waals surface area contributed by atoms with Crippen LogP contribution in [0.4, 0.5) is 15.8 Å².